The van der Waals surface area contributed by atoms with Crippen molar-refractivity contribution in [1.82, 2.24) is 14.8 Å². The van der Waals surface area contributed by atoms with E-state index in [4.69, 9.17) is 17.0 Å². The summed E-state index contributed by atoms with van der Waals surface area (Å²) in [7, 11) is 1.58. The average Bonchev–Trinajstić information content (AvgIpc) is 2.92. The van der Waals surface area contributed by atoms with Gasteiger partial charge in [-0.05, 0) is 55.0 Å². The van der Waals surface area contributed by atoms with Crippen LogP contribution in [0.4, 0.5) is 5.69 Å². The molecule has 0 bridgehead atoms. The fourth-order valence-corrected chi connectivity index (χ4v) is 3.52. The van der Waals surface area contributed by atoms with Crippen LogP contribution in [0.1, 0.15) is 18.9 Å². The molecule has 1 atom stereocenters. The van der Waals surface area contributed by atoms with Gasteiger partial charge in [-0.3, -0.25) is 19.5 Å². The molecule has 8 heteroatoms. The minimum Gasteiger partial charge on any atom is -0.497 e. The first-order valence-corrected chi connectivity index (χ1v) is 9.39. The number of carbonyl (C=O) groups is 2. The molecular formula is C20H22N4O3S. The summed E-state index contributed by atoms with van der Waals surface area (Å²) in [5.41, 5.74) is 1.57. The molecule has 28 heavy (non-hydrogen) atoms. The third-order valence-corrected chi connectivity index (χ3v) is 5.00. The van der Waals surface area contributed by atoms with Crippen molar-refractivity contribution < 1.29 is 14.3 Å². The van der Waals surface area contributed by atoms with Gasteiger partial charge < -0.3 is 15.0 Å². The van der Waals surface area contributed by atoms with Crippen LogP contribution in [0.2, 0.25) is 0 Å². The normalized spacial score (nSPS) is 16.4. The predicted molar refractivity (Wildman–Crippen MR) is 110 cm³/mol. The maximum Gasteiger partial charge on any atom is 0.252 e. The Balaban J connectivity index is 1.73. The number of anilines is 1. The third kappa shape index (κ3) is 4.28. The number of hydrogen-bond acceptors (Lipinski definition) is 5. The number of aromatic nitrogens is 1. The molecule has 2 aromatic rings. The quantitative estimate of drug-likeness (QED) is 0.722. The number of methoxy groups -OCH3 is 1. The summed E-state index contributed by atoms with van der Waals surface area (Å²) >= 11 is 5.49. The minimum absolute atomic E-state index is 0.0156. The van der Waals surface area contributed by atoms with Gasteiger partial charge in [0.05, 0.1) is 13.5 Å². The Morgan fingerprint density at radius 3 is 2.64 bits per heavy atom. The first kappa shape index (κ1) is 19.8. The lowest BCUT2D eigenvalue weighted by molar-refractivity contribution is -0.130. The number of ether oxygens (including phenoxy) is 1. The summed E-state index contributed by atoms with van der Waals surface area (Å²) in [6.45, 7) is 2.76. The molecule has 1 fully saturated rings. The maximum absolute atomic E-state index is 12.8. The van der Waals surface area contributed by atoms with E-state index in [1.807, 2.05) is 19.1 Å². The van der Waals surface area contributed by atoms with E-state index in [-0.39, 0.29) is 18.2 Å². The van der Waals surface area contributed by atoms with Crippen molar-refractivity contribution in [2.24, 2.45) is 0 Å². The van der Waals surface area contributed by atoms with E-state index in [1.54, 1.807) is 48.7 Å². The van der Waals surface area contributed by atoms with Crippen LogP contribution in [0.3, 0.4) is 0 Å². The fraction of sp³-hybridized carbons (Fsp3) is 0.300. The molecule has 0 unspecified atom stereocenters. The zero-order valence-corrected chi connectivity index (χ0v) is 16.6. The van der Waals surface area contributed by atoms with Crippen LogP contribution in [0.25, 0.3) is 0 Å². The van der Waals surface area contributed by atoms with Crippen molar-refractivity contribution in [2.45, 2.75) is 25.9 Å². The van der Waals surface area contributed by atoms with Gasteiger partial charge in [-0.1, -0.05) is 6.07 Å². The van der Waals surface area contributed by atoms with E-state index in [9.17, 15) is 9.59 Å². The summed E-state index contributed by atoms with van der Waals surface area (Å²) in [5, 5.41) is 3.27. The van der Waals surface area contributed by atoms with Gasteiger partial charge in [-0.15, -0.1) is 0 Å². The highest BCUT2D eigenvalue weighted by atomic mass is 32.1. The number of nitrogens with zero attached hydrogens (tertiary/aromatic N) is 3. The highest BCUT2D eigenvalue weighted by molar-refractivity contribution is 7.80. The van der Waals surface area contributed by atoms with Gasteiger partial charge in [0.15, 0.2) is 5.11 Å². The second kappa shape index (κ2) is 8.79. The minimum atomic E-state index is -0.633. The van der Waals surface area contributed by atoms with Crippen molar-refractivity contribution in [1.29, 1.82) is 0 Å². The first-order valence-electron chi connectivity index (χ1n) is 8.98. The lowest BCUT2D eigenvalue weighted by atomic mass is 10.1. The lowest BCUT2D eigenvalue weighted by Crippen LogP contribution is -2.37. The van der Waals surface area contributed by atoms with Crippen molar-refractivity contribution >= 4 is 34.8 Å². The van der Waals surface area contributed by atoms with Gasteiger partial charge >= 0.3 is 0 Å². The van der Waals surface area contributed by atoms with E-state index >= 15 is 0 Å². The highest BCUT2D eigenvalue weighted by Gasteiger charge is 2.42. The first-order chi connectivity index (χ1) is 13.5. The molecule has 0 radical (unpaired) electrons. The molecule has 7 nitrogen and oxygen atoms in total. The number of pyridine rings is 1. The molecule has 146 valence electrons. The zero-order valence-electron chi connectivity index (χ0n) is 15.8. The molecule has 1 aromatic heterocycles. The molecule has 0 aliphatic carbocycles. The Morgan fingerprint density at radius 1 is 1.29 bits per heavy atom. The van der Waals surface area contributed by atoms with Crippen LogP contribution in [0, 0.1) is 0 Å². The zero-order chi connectivity index (χ0) is 20.1. The van der Waals surface area contributed by atoms with E-state index in [0.29, 0.717) is 29.6 Å². The van der Waals surface area contributed by atoms with E-state index in [0.717, 1.165) is 5.56 Å². The summed E-state index contributed by atoms with van der Waals surface area (Å²) in [6, 6.07) is 10.2. The largest absolute Gasteiger partial charge is 0.497 e. The molecule has 1 aromatic carbocycles. The van der Waals surface area contributed by atoms with Crippen LogP contribution < -0.4 is 10.1 Å². The highest BCUT2D eigenvalue weighted by Crippen LogP contribution is 2.24. The lowest BCUT2D eigenvalue weighted by Gasteiger charge is -2.23. The molecule has 2 heterocycles. The van der Waals surface area contributed by atoms with Crippen molar-refractivity contribution in [2.75, 3.05) is 19.0 Å². The van der Waals surface area contributed by atoms with Gasteiger partial charge in [0, 0.05) is 31.2 Å². The molecule has 1 aliphatic rings. The molecule has 1 saturated heterocycles. The van der Waals surface area contributed by atoms with Crippen molar-refractivity contribution in [3.05, 3.63) is 54.4 Å². The molecule has 0 spiro atoms. The monoisotopic (exact) mass is 398 g/mol. The molecule has 1 N–H and O–H groups in total. The standard InChI is InChI=1S/C20H22N4O3S/c1-3-23-19(26)17(24(20(23)28)13-14-5-4-10-21-12-14)11-18(25)22-15-6-8-16(27-2)9-7-15/h4-10,12,17H,3,11,13H2,1-2H3,(H,22,25)/t17-/m0/s1. The summed E-state index contributed by atoms with van der Waals surface area (Å²) < 4.78 is 5.11. The van der Waals surface area contributed by atoms with Gasteiger partial charge in [0.25, 0.3) is 5.91 Å². The number of rotatable bonds is 7. The second-order valence-electron chi connectivity index (χ2n) is 6.35. The summed E-state index contributed by atoms with van der Waals surface area (Å²) in [5.74, 6) is 0.303. The molecule has 2 amide bonds. The number of nitrogens with one attached hydrogen (secondary N) is 1. The Kier molecular flexibility index (Phi) is 6.20. The average molecular weight is 398 g/mol. The van der Waals surface area contributed by atoms with Crippen LogP contribution in [-0.2, 0) is 16.1 Å². The van der Waals surface area contributed by atoms with Crippen LogP contribution >= 0.6 is 12.2 Å². The van der Waals surface area contributed by atoms with E-state index < -0.39 is 6.04 Å². The summed E-state index contributed by atoms with van der Waals surface area (Å²) in [4.78, 5) is 32.8. The number of benzene rings is 1. The summed E-state index contributed by atoms with van der Waals surface area (Å²) in [6.07, 6.45) is 3.44. The topological polar surface area (TPSA) is 74.8 Å². The maximum atomic E-state index is 12.8. The van der Waals surface area contributed by atoms with Crippen molar-refractivity contribution in [3.8, 4) is 5.75 Å². The van der Waals surface area contributed by atoms with Gasteiger partial charge in [0.1, 0.15) is 11.8 Å². The van der Waals surface area contributed by atoms with Crippen LogP contribution in [0.15, 0.2) is 48.8 Å². The molecule has 1 aliphatic heterocycles. The third-order valence-electron chi connectivity index (χ3n) is 4.55. The smallest absolute Gasteiger partial charge is 0.252 e. The number of hydrogen-bond donors (Lipinski definition) is 1. The number of thiocarbonyl (C=S) groups is 1. The van der Waals surface area contributed by atoms with E-state index in [2.05, 4.69) is 10.3 Å². The Labute approximate surface area is 169 Å². The Bertz CT molecular complexity index is 858. The molecular weight excluding hydrogens is 376 g/mol. The number of amides is 2. The predicted octanol–water partition coefficient (Wildman–Crippen LogP) is 2.44. The Hall–Kier alpha value is -3.00. The fourth-order valence-electron chi connectivity index (χ4n) is 3.11. The van der Waals surface area contributed by atoms with Gasteiger partial charge in [-0.25, -0.2) is 0 Å². The van der Waals surface area contributed by atoms with E-state index in [1.165, 1.54) is 4.90 Å². The second-order valence-corrected chi connectivity index (χ2v) is 6.72. The van der Waals surface area contributed by atoms with Crippen molar-refractivity contribution in [3.63, 3.8) is 0 Å². The van der Waals surface area contributed by atoms with Crippen LogP contribution in [-0.4, -0.2) is 51.4 Å². The molecule has 0 saturated carbocycles. The number of carbonyl (C=O) groups excluding carboxylic acids is 2. The SMILES string of the molecule is CCN1C(=O)[C@H](CC(=O)Nc2ccc(OC)cc2)N(Cc2cccnc2)C1=S. The molecule has 3 rings (SSSR count). The van der Waals surface area contributed by atoms with Gasteiger partial charge in [-0.2, -0.15) is 0 Å². The van der Waals surface area contributed by atoms with Gasteiger partial charge in [0.2, 0.25) is 5.91 Å². The van der Waals surface area contributed by atoms with Crippen LogP contribution in [0.5, 0.6) is 5.75 Å². The Morgan fingerprint density at radius 2 is 2.04 bits per heavy atom. The number of likely N-dealkylation sites (N-methyl/N-ethyl adjacent to an activating group) is 1.